The van der Waals surface area contributed by atoms with Crippen LogP contribution in [0.15, 0.2) is 18.2 Å². The Balaban J connectivity index is 2.36. The molecular weight excluding hydrogens is 306 g/mol. The number of benzene rings is 1. The third-order valence-corrected chi connectivity index (χ3v) is 3.28. The van der Waals surface area contributed by atoms with Gasteiger partial charge >= 0.3 is 5.66 Å². The molecule has 2 rings (SSSR count). The van der Waals surface area contributed by atoms with E-state index in [9.17, 15) is 40.5 Å². The van der Waals surface area contributed by atoms with Crippen molar-refractivity contribution in [3.63, 3.8) is 0 Å². The quantitative estimate of drug-likeness (QED) is 0.427. The summed E-state index contributed by atoms with van der Waals surface area (Å²) >= 11 is 0. The van der Waals surface area contributed by atoms with E-state index in [0.717, 1.165) is 17.0 Å². The third-order valence-electron chi connectivity index (χ3n) is 3.28. The SMILES string of the molecule is O=[N+]([O-])c1ccc(N2CC([N+](=O)[O-])([N+](=O)[O-])C2)c([N+](=O)[O-])c1. The molecule has 0 amide bonds. The molecule has 0 spiro atoms. The van der Waals surface area contributed by atoms with Crippen LogP contribution in [-0.2, 0) is 0 Å². The lowest BCUT2D eigenvalue weighted by Gasteiger charge is -2.37. The van der Waals surface area contributed by atoms with Gasteiger partial charge in [-0.3, -0.25) is 40.5 Å². The van der Waals surface area contributed by atoms with E-state index < -0.39 is 49.8 Å². The highest BCUT2D eigenvalue weighted by molar-refractivity contribution is 5.68. The first-order valence-corrected chi connectivity index (χ1v) is 5.66. The molecule has 0 atom stereocenters. The van der Waals surface area contributed by atoms with E-state index in [1.165, 1.54) is 0 Å². The van der Waals surface area contributed by atoms with Gasteiger partial charge in [-0.15, -0.1) is 0 Å². The number of hydrogen-bond acceptors (Lipinski definition) is 9. The number of rotatable bonds is 5. The Hall–Kier alpha value is -3.38. The Kier molecular flexibility index (Phi) is 3.32. The largest absolute Gasteiger partial charge is 0.491 e. The molecule has 116 valence electrons. The molecule has 0 radical (unpaired) electrons. The summed E-state index contributed by atoms with van der Waals surface area (Å²) in [4.78, 5) is 40.4. The lowest BCUT2D eigenvalue weighted by Crippen LogP contribution is -2.70. The van der Waals surface area contributed by atoms with Crippen LogP contribution in [0.2, 0.25) is 0 Å². The summed E-state index contributed by atoms with van der Waals surface area (Å²) in [6.45, 7) is -1.32. The Morgan fingerprint density at radius 2 is 1.45 bits per heavy atom. The minimum absolute atomic E-state index is 0.144. The smallest absolute Gasteiger partial charge is 0.338 e. The van der Waals surface area contributed by atoms with Gasteiger partial charge in [-0.25, -0.2) is 0 Å². The van der Waals surface area contributed by atoms with Crippen molar-refractivity contribution in [3.05, 3.63) is 58.7 Å². The molecule has 0 aliphatic carbocycles. The molecule has 1 heterocycles. The Labute approximate surface area is 120 Å². The van der Waals surface area contributed by atoms with Crippen LogP contribution >= 0.6 is 0 Å². The van der Waals surface area contributed by atoms with Crippen LogP contribution in [0.25, 0.3) is 0 Å². The lowest BCUT2D eigenvalue weighted by molar-refractivity contribution is -0.799. The molecule has 1 saturated heterocycles. The summed E-state index contributed by atoms with van der Waals surface area (Å²) in [6, 6.07) is 2.73. The Morgan fingerprint density at radius 3 is 1.86 bits per heavy atom. The van der Waals surface area contributed by atoms with Crippen molar-refractivity contribution >= 4 is 17.1 Å². The van der Waals surface area contributed by atoms with Gasteiger partial charge in [-0.1, -0.05) is 0 Å². The van der Waals surface area contributed by atoms with Gasteiger partial charge in [0.25, 0.3) is 11.4 Å². The van der Waals surface area contributed by atoms with E-state index in [1.807, 2.05) is 0 Å². The highest BCUT2D eigenvalue weighted by Crippen LogP contribution is 2.38. The highest BCUT2D eigenvalue weighted by atomic mass is 16.7. The zero-order valence-corrected chi connectivity index (χ0v) is 10.6. The van der Waals surface area contributed by atoms with Gasteiger partial charge in [0.1, 0.15) is 15.5 Å². The average molecular weight is 313 g/mol. The van der Waals surface area contributed by atoms with Crippen molar-refractivity contribution < 1.29 is 19.7 Å². The van der Waals surface area contributed by atoms with E-state index >= 15 is 0 Å². The fourth-order valence-electron chi connectivity index (χ4n) is 2.07. The number of nitro benzene ring substituents is 2. The maximum absolute atomic E-state index is 11.0. The summed E-state index contributed by atoms with van der Waals surface area (Å²) < 4.78 is 0. The summed E-state index contributed by atoms with van der Waals surface area (Å²) in [5.41, 5.74) is -3.73. The van der Waals surface area contributed by atoms with Crippen molar-refractivity contribution in [1.29, 1.82) is 0 Å². The van der Waals surface area contributed by atoms with Gasteiger partial charge < -0.3 is 4.90 Å². The molecule has 13 heteroatoms. The topological polar surface area (TPSA) is 176 Å². The van der Waals surface area contributed by atoms with Crippen LogP contribution in [0, 0.1) is 40.5 Å². The van der Waals surface area contributed by atoms with Gasteiger partial charge in [-0.05, 0) is 6.07 Å². The summed E-state index contributed by atoms with van der Waals surface area (Å²) in [5.74, 6) is 0. The molecule has 1 aromatic carbocycles. The normalized spacial score (nSPS) is 15.7. The molecule has 0 saturated carbocycles. The van der Waals surface area contributed by atoms with Crippen molar-refractivity contribution in [3.8, 4) is 0 Å². The molecular formula is C9H7N5O8. The number of nitrogens with zero attached hydrogens (tertiary/aromatic N) is 5. The number of anilines is 1. The first-order chi connectivity index (χ1) is 10.2. The second-order valence-electron chi connectivity index (χ2n) is 4.54. The van der Waals surface area contributed by atoms with Crippen LogP contribution in [-0.4, -0.2) is 38.4 Å². The van der Waals surface area contributed by atoms with Gasteiger partial charge in [0.15, 0.2) is 13.1 Å². The van der Waals surface area contributed by atoms with Crippen molar-refractivity contribution in [2.45, 2.75) is 5.66 Å². The van der Waals surface area contributed by atoms with E-state index in [1.54, 1.807) is 0 Å². The zero-order chi connectivity index (χ0) is 16.7. The maximum Gasteiger partial charge on any atom is 0.491 e. The molecule has 0 bridgehead atoms. The molecule has 1 aliphatic heterocycles. The van der Waals surface area contributed by atoms with Crippen LogP contribution in [0.1, 0.15) is 0 Å². The van der Waals surface area contributed by atoms with Crippen LogP contribution in [0.4, 0.5) is 17.1 Å². The molecule has 1 aliphatic rings. The predicted octanol–water partition coefficient (Wildman–Crippen LogP) is 0.573. The monoisotopic (exact) mass is 313 g/mol. The van der Waals surface area contributed by atoms with E-state index in [0.29, 0.717) is 6.07 Å². The Bertz CT molecular complexity index is 681. The summed E-state index contributed by atoms with van der Waals surface area (Å²) in [6.07, 6.45) is 0. The van der Waals surface area contributed by atoms with Crippen molar-refractivity contribution in [2.24, 2.45) is 0 Å². The van der Waals surface area contributed by atoms with Gasteiger partial charge in [0, 0.05) is 6.07 Å². The predicted molar refractivity (Wildman–Crippen MR) is 68.7 cm³/mol. The molecule has 0 unspecified atom stereocenters. The average Bonchev–Trinajstić information content (AvgIpc) is 2.36. The molecule has 1 aromatic rings. The molecule has 22 heavy (non-hydrogen) atoms. The molecule has 0 aromatic heterocycles. The zero-order valence-electron chi connectivity index (χ0n) is 10.6. The molecule has 0 N–H and O–H groups in total. The Morgan fingerprint density at radius 1 is 0.909 bits per heavy atom. The third kappa shape index (κ3) is 2.13. The molecule has 13 nitrogen and oxygen atoms in total. The van der Waals surface area contributed by atoms with Crippen LogP contribution in [0.3, 0.4) is 0 Å². The van der Waals surface area contributed by atoms with Crippen molar-refractivity contribution in [1.82, 2.24) is 0 Å². The van der Waals surface area contributed by atoms with Crippen molar-refractivity contribution in [2.75, 3.05) is 18.0 Å². The van der Waals surface area contributed by atoms with Crippen LogP contribution in [0.5, 0.6) is 0 Å². The fourth-order valence-corrected chi connectivity index (χ4v) is 2.07. The summed E-state index contributed by atoms with van der Waals surface area (Å²) in [5, 5.41) is 43.2. The van der Waals surface area contributed by atoms with Gasteiger partial charge in [0.2, 0.25) is 0 Å². The van der Waals surface area contributed by atoms with E-state index in [4.69, 9.17) is 0 Å². The van der Waals surface area contributed by atoms with Gasteiger partial charge in [-0.2, -0.15) is 0 Å². The second-order valence-corrected chi connectivity index (χ2v) is 4.54. The number of non-ortho nitro benzene ring substituents is 1. The number of hydrogen-bond donors (Lipinski definition) is 0. The minimum Gasteiger partial charge on any atom is -0.338 e. The highest BCUT2D eigenvalue weighted by Gasteiger charge is 2.67. The lowest BCUT2D eigenvalue weighted by atomic mass is 10.00. The molecule has 1 fully saturated rings. The second kappa shape index (κ2) is 4.87. The van der Waals surface area contributed by atoms with E-state index in [2.05, 4.69) is 0 Å². The van der Waals surface area contributed by atoms with Crippen LogP contribution < -0.4 is 4.90 Å². The summed E-state index contributed by atoms with van der Waals surface area (Å²) in [7, 11) is 0. The standard InChI is InChI=1S/C9H7N5O8/c15-11(16)6-1-2-7(8(3-6)12(17)18)10-4-9(5-10,13(19)20)14(21)22/h1-3H,4-5H2. The number of nitro groups is 4. The van der Waals surface area contributed by atoms with E-state index in [-0.39, 0.29) is 5.69 Å². The first kappa shape index (κ1) is 15.0. The first-order valence-electron chi connectivity index (χ1n) is 5.66. The fraction of sp³-hybridized carbons (Fsp3) is 0.333. The maximum atomic E-state index is 11.0. The minimum atomic E-state index is -2.42. The van der Waals surface area contributed by atoms with Gasteiger partial charge in [0.05, 0.1) is 15.9 Å².